The number of thiophene rings is 2. The highest BCUT2D eigenvalue weighted by molar-refractivity contribution is 7.92. The number of ether oxygens (including phenoxy) is 1. The molecule has 1 aliphatic carbocycles. The van der Waals surface area contributed by atoms with Crippen LogP contribution in [0.4, 0.5) is 9.80 Å². The number of nitrogens with one attached hydrogen (secondary N) is 2. The van der Waals surface area contributed by atoms with E-state index in [4.69, 9.17) is 4.74 Å². The number of amides is 2. The van der Waals surface area contributed by atoms with Crippen LogP contribution in [-0.2, 0) is 27.6 Å². The Balaban J connectivity index is 1.84. The molecule has 3 rings (SSSR count). The molecule has 0 fully saturated rings. The van der Waals surface area contributed by atoms with Gasteiger partial charge in [-0.2, -0.15) is 0 Å². The average Bonchev–Trinajstić information content (AvgIpc) is 3.22. The van der Waals surface area contributed by atoms with Gasteiger partial charge in [0.05, 0.1) is 12.2 Å². The van der Waals surface area contributed by atoms with Gasteiger partial charge in [-0.25, -0.2) is 22.7 Å². The maximum absolute atomic E-state index is 12.3. The number of fused-ring (bicyclic) bond motifs is 1. The van der Waals surface area contributed by atoms with Gasteiger partial charge in [0.25, 0.3) is 10.0 Å². The highest BCUT2D eigenvalue weighted by Crippen LogP contribution is 2.38. The molecule has 0 saturated heterocycles. The Morgan fingerprint density at radius 2 is 2.04 bits per heavy atom. The van der Waals surface area contributed by atoms with E-state index in [0.29, 0.717) is 10.6 Å². The molecule has 2 aromatic heterocycles. The molecular weight excluding hydrogens is 396 g/mol. The molecule has 10 heteroatoms. The molecule has 140 valence electrons. The summed E-state index contributed by atoms with van der Waals surface area (Å²) in [4.78, 5) is 25.6. The third-order valence-electron chi connectivity index (χ3n) is 3.86. The number of aryl methyl sites for hydroxylation is 1. The zero-order valence-corrected chi connectivity index (χ0v) is 16.5. The minimum absolute atomic E-state index is 0.0451. The predicted octanol–water partition coefficient (Wildman–Crippen LogP) is 3.38. The van der Waals surface area contributed by atoms with E-state index >= 15 is 0 Å². The second kappa shape index (κ2) is 7.77. The molecule has 2 amide bonds. The lowest BCUT2D eigenvalue weighted by Crippen LogP contribution is -2.34. The fourth-order valence-electron chi connectivity index (χ4n) is 2.79. The van der Waals surface area contributed by atoms with Crippen molar-refractivity contribution < 1.29 is 22.7 Å². The second-order valence-electron chi connectivity index (χ2n) is 5.63. The van der Waals surface area contributed by atoms with Crippen LogP contribution >= 0.6 is 22.7 Å². The molecule has 2 aromatic rings. The molecule has 7 nitrogen and oxygen atoms in total. The van der Waals surface area contributed by atoms with Crippen LogP contribution < -0.4 is 10.0 Å². The lowest BCUT2D eigenvalue weighted by molar-refractivity contribution is 0.0526. The van der Waals surface area contributed by atoms with E-state index in [1.807, 2.05) is 4.72 Å². The Morgan fingerprint density at radius 3 is 2.73 bits per heavy atom. The van der Waals surface area contributed by atoms with Crippen LogP contribution in [0.15, 0.2) is 21.7 Å². The molecular formula is C16H18N2O5S3. The number of sulfonamides is 1. The summed E-state index contributed by atoms with van der Waals surface area (Å²) >= 11 is 2.32. The number of anilines is 1. The topological polar surface area (TPSA) is 102 Å². The van der Waals surface area contributed by atoms with Gasteiger partial charge in [0, 0.05) is 4.88 Å². The standard InChI is InChI=1S/C16H18N2O5S3/c1-2-23-15(19)13-10-6-3-4-7-11(10)25-14(13)17-16(20)18-26(21,22)12-8-5-9-24-12/h5,8-9H,2-4,6-7H2,1H3,(H2,17,18,20). The first-order valence-electron chi connectivity index (χ1n) is 8.11. The van der Waals surface area contributed by atoms with Gasteiger partial charge in [-0.1, -0.05) is 6.07 Å². The monoisotopic (exact) mass is 414 g/mol. The normalized spacial score (nSPS) is 13.7. The van der Waals surface area contributed by atoms with Gasteiger partial charge in [-0.05, 0) is 49.6 Å². The molecule has 1 aliphatic rings. The number of esters is 1. The van der Waals surface area contributed by atoms with E-state index in [-0.39, 0.29) is 10.8 Å². The molecule has 0 aromatic carbocycles. The van der Waals surface area contributed by atoms with Crippen LogP contribution in [0, 0.1) is 0 Å². The highest BCUT2D eigenvalue weighted by atomic mass is 32.2. The number of hydrogen-bond acceptors (Lipinski definition) is 7. The van der Waals surface area contributed by atoms with Crippen LogP contribution in [0.25, 0.3) is 0 Å². The number of urea groups is 1. The van der Waals surface area contributed by atoms with E-state index in [1.54, 1.807) is 18.4 Å². The molecule has 0 aliphatic heterocycles. The maximum Gasteiger partial charge on any atom is 0.341 e. The van der Waals surface area contributed by atoms with Crippen molar-refractivity contribution in [2.45, 2.75) is 36.8 Å². The summed E-state index contributed by atoms with van der Waals surface area (Å²) in [6.45, 7) is 1.94. The first kappa shape index (κ1) is 18.9. The Bertz CT molecular complexity index is 916. The molecule has 0 bridgehead atoms. The Kier molecular flexibility index (Phi) is 5.64. The van der Waals surface area contributed by atoms with Gasteiger partial charge in [-0.3, -0.25) is 5.32 Å². The summed E-state index contributed by atoms with van der Waals surface area (Å²) in [5.41, 5.74) is 1.24. The third kappa shape index (κ3) is 3.92. The zero-order valence-electron chi connectivity index (χ0n) is 14.0. The first-order valence-corrected chi connectivity index (χ1v) is 11.3. The summed E-state index contributed by atoms with van der Waals surface area (Å²) in [6.07, 6.45) is 3.57. The quantitative estimate of drug-likeness (QED) is 0.731. The lowest BCUT2D eigenvalue weighted by atomic mass is 9.95. The number of rotatable bonds is 5. The SMILES string of the molecule is CCOC(=O)c1c(NC(=O)NS(=O)(=O)c2cccs2)sc2c1CCCC2. The van der Waals surface area contributed by atoms with Crippen molar-refractivity contribution in [2.75, 3.05) is 11.9 Å². The second-order valence-corrected chi connectivity index (χ2v) is 9.59. The Morgan fingerprint density at radius 1 is 1.27 bits per heavy atom. The van der Waals surface area contributed by atoms with Crippen molar-refractivity contribution in [1.29, 1.82) is 0 Å². The van der Waals surface area contributed by atoms with Crippen LogP contribution in [0.1, 0.15) is 40.6 Å². The molecule has 2 N–H and O–H groups in total. The Hall–Kier alpha value is -1.91. The summed E-state index contributed by atoms with van der Waals surface area (Å²) in [5.74, 6) is -0.497. The summed E-state index contributed by atoms with van der Waals surface area (Å²) in [7, 11) is -3.94. The average molecular weight is 415 g/mol. The summed E-state index contributed by atoms with van der Waals surface area (Å²) < 4.78 is 31.5. The third-order valence-corrected chi connectivity index (χ3v) is 7.80. The van der Waals surface area contributed by atoms with Crippen LogP contribution in [0.3, 0.4) is 0 Å². The van der Waals surface area contributed by atoms with Gasteiger partial charge in [0.2, 0.25) is 0 Å². The Labute approximate surface area is 159 Å². The molecule has 2 heterocycles. The smallest absolute Gasteiger partial charge is 0.341 e. The number of carbonyl (C=O) groups is 2. The van der Waals surface area contributed by atoms with Crippen molar-refractivity contribution >= 4 is 49.7 Å². The molecule has 26 heavy (non-hydrogen) atoms. The fourth-order valence-corrected chi connectivity index (χ4v) is 5.96. The van der Waals surface area contributed by atoms with Crippen molar-refractivity contribution in [2.24, 2.45) is 0 Å². The van der Waals surface area contributed by atoms with E-state index < -0.39 is 22.0 Å². The van der Waals surface area contributed by atoms with Gasteiger partial charge >= 0.3 is 12.0 Å². The van der Waals surface area contributed by atoms with Gasteiger partial charge in [-0.15, -0.1) is 22.7 Å². The number of hydrogen-bond donors (Lipinski definition) is 2. The molecule has 0 spiro atoms. The number of carbonyl (C=O) groups excluding carboxylic acids is 2. The first-order chi connectivity index (χ1) is 12.4. The van der Waals surface area contributed by atoms with Crippen molar-refractivity contribution in [3.63, 3.8) is 0 Å². The zero-order chi connectivity index (χ0) is 18.7. The van der Waals surface area contributed by atoms with Gasteiger partial charge in [0.15, 0.2) is 0 Å². The van der Waals surface area contributed by atoms with E-state index in [9.17, 15) is 18.0 Å². The van der Waals surface area contributed by atoms with Crippen molar-refractivity contribution in [3.05, 3.63) is 33.5 Å². The molecule has 0 radical (unpaired) electrons. The van der Waals surface area contributed by atoms with Crippen molar-refractivity contribution in [1.82, 2.24) is 4.72 Å². The summed E-state index contributed by atoms with van der Waals surface area (Å²) in [5, 5.41) is 4.46. The van der Waals surface area contributed by atoms with Crippen LogP contribution in [0.2, 0.25) is 0 Å². The van der Waals surface area contributed by atoms with E-state index in [1.165, 1.54) is 17.4 Å². The predicted molar refractivity (Wildman–Crippen MR) is 101 cm³/mol. The van der Waals surface area contributed by atoms with E-state index in [0.717, 1.165) is 47.5 Å². The highest BCUT2D eigenvalue weighted by Gasteiger charge is 2.28. The van der Waals surface area contributed by atoms with Gasteiger partial charge in [0.1, 0.15) is 9.21 Å². The van der Waals surface area contributed by atoms with Crippen molar-refractivity contribution in [3.8, 4) is 0 Å². The minimum Gasteiger partial charge on any atom is -0.462 e. The fraction of sp³-hybridized carbons (Fsp3) is 0.375. The minimum atomic E-state index is -3.94. The summed E-state index contributed by atoms with van der Waals surface area (Å²) in [6, 6.07) is 2.10. The van der Waals surface area contributed by atoms with Crippen LogP contribution in [-0.4, -0.2) is 27.0 Å². The van der Waals surface area contributed by atoms with Gasteiger partial charge < -0.3 is 4.74 Å². The van der Waals surface area contributed by atoms with E-state index in [2.05, 4.69) is 5.32 Å². The maximum atomic E-state index is 12.3. The van der Waals surface area contributed by atoms with Crippen LogP contribution in [0.5, 0.6) is 0 Å². The lowest BCUT2D eigenvalue weighted by Gasteiger charge is -2.12. The molecule has 0 atom stereocenters. The largest absolute Gasteiger partial charge is 0.462 e. The molecule has 0 saturated carbocycles. The molecule has 0 unspecified atom stereocenters.